The van der Waals surface area contributed by atoms with Crippen LogP contribution >= 0.6 is 0 Å². The fourth-order valence-electron chi connectivity index (χ4n) is 1.97. The van der Waals surface area contributed by atoms with E-state index < -0.39 is 24.4 Å². The van der Waals surface area contributed by atoms with Crippen molar-refractivity contribution in [3.8, 4) is 11.5 Å². The summed E-state index contributed by atoms with van der Waals surface area (Å²) in [5.74, 6) is -0.419. The van der Waals surface area contributed by atoms with Crippen LogP contribution in [0.1, 0.15) is 16.8 Å². The van der Waals surface area contributed by atoms with Gasteiger partial charge < -0.3 is 14.2 Å². The molecule has 2 rings (SSSR count). The van der Waals surface area contributed by atoms with Crippen LogP contribution in [0.4, 0.5) is 0 Å². The highest BCUT2D eigenvalue weighted by molar-refractivity contribution is 5.95. The van der Waals surface area contributed by atoms with Crippen molar-refractivity contribution < 1.29 is 28.6 Å². The zero-order valence-electron chi connectivity index (χ0n) is 14.8. The van der Waals surface area contributed by atoms with Crippen LogP contribution < -0.4 is 20.3 Å². The molecule has 0 unspecified atom stereocenters. The monoisotopic (exact) mass is 372 g/mol. The number of hydrogen-bond acceptors (Lipinski definition) is 6. The van der Waals surface area contributed by atoms with Crippen molar-refractivity contribution in [2.45, 2.75) is 6.42 Å². The molecule has 8 heteroatoms. The lowest BCUT2D eigenvalue weighted by atomic mass is 10.2. The number of benzene rings is 2. The molecule has 2 aromatic carbocycles. The van der Waals surface area contributed by atoms with Gasteiger partial charge in [-0.05, 0) is 36.4 Å². The fourth-order valence-corrected chi connectivity index (χ4v) is 1.97. The molecule has 0 bridgehead atoms. The van der Waals surface area contributed by atoms with E-state index in [4.69, 9.17) is 14.2 Å². The summed E-state index contributed by atoms with van der Waals surface area (Å²) in [5.41, 5.74) is 4.80. The van der Waals surface area contributed by atoms with E-state index in [1.54, 1.807) is 61.7 Å². The predicted molar refractivity (Wildman–Crippen MR) is 96.1 cm³/mol. The lowest BCUT2D eigenvalue weighted by molar-refractivity contribution is -0.149. The van der Waals surface area contributed by atoms with E-state index in [-0.39, 0.29) is 13.0 Å². The molecule has 8 nitrogen and oxygen atoms in total. The van der Waals surface area contributed by atoms with Gasteiger partial charge in [0.2, 0.25) is 0 Å². The van der Waals surface area contributed by atoms with Gasteiger partial charge >= 0.3 is 5.97 Å². The van der Waals surface area contributed by atoms with Gasteiger partial charge in [0.05, 0.1) is 20.1 Å². The molecule has 0 aliphatic heterocycles. The van der Waals surface area contributed by atoms with Crippen molar-refractivity contribution in [1.29, 1.82) is 0 Å². The summed E-state index contributed by atoms with van der Waals surface area (Å²) < 4.78 is 15.2. The van der Waals surface area contributed by atoms with Crippen molar-refractivity contribution in [1.82, 2.24) is 10.9 Å². The van der Waals surface area contributed by atoms with Gasteiger partial charge in [0.25, 0.3) is 11.8 Å². The Morgan fingerprint density at radius 1 is 0.889 bits per heavy atom. The Bertz CT molecular complexity index is 762. The largest absolute Gasteiger partial charge is 0.497 e. The zero-order chi connectivity index (χ0) is 19.5. The van der Waals surface area contributed by atoms with Crippen molar-refractivity contribution in [2.75, 3.05) is 20.3 Å². The molecule has 0 fully saturated rings. The average molecular weight is 372 g/mol. The highest BCUT2D eigenvalue weighted by Gasteiger charge is 2.10. The first-order valence-electron chi connectivity index (χ1n) is 8.15. The number of carbonyl (C=O) groups is 3. The van der Waals surface area contributed by atoms with E-state index in [2.05, 4.69) is 10.9 Å². The summed E-state index contributed by atoms with van der Waals surface area (Å²) in [6.07, 6.45) is -0.0182. The second-order valence-corrected chi connectivity index (χ2v) is 5.30. The second kappa shape index (κ2) is 10.4. The minimum atomic E-state index is -0.649. The Morgan fingerprint density at radius 2 is 1.56 bits per heavy atom. The maximum absolute atomic E-state index is 11.7. The van der Waals surface area contributed by atoms with Crippen molar-refractivity contribution >= 4 is 17.8 Å². The molecule has 27 heavy (non-hydrogen) atoms. The molecule has 0 spiro atoms. The molecule has 2 amide bonds. The maximum atomic E-state index is 11.7. The van der Waals surface area contributed by atoms with Gasteiger partial charge in [-0.15, -0.1) is 0 Å². The van der Waals surface area contributed by atoms with Gasteiger partial charge in [-0.1, -0.05) is 18.2 Å². The Labute approximate surface area is 156 Å². The number of carbonyl (C=O) groups excluding carboxylic acids is 3. The fraction of sp³-hybridized carbons (Fsp3) is 0.211. The highest BCUT2D eigenvalue weighted by atomic mass is 16.5. The van der Waals surface area contributed by atoms with Crippen molar-refractivity contribution in [3.05, 3.63) is 60.2 Å². The van der Waals surface area contributed by atoms with E-state index in [1.807, 2.05) is 0 Å². The lowest BCUT2D eigenvalue weighted by Crippen LogP contribution is -2.43. The van der Waals surface area contributed by atoms with Crippen LogP contribution in [0, 0.1) is 0 Å². The Morgan fingerprint density at radius 3 is 2.22 bits per heavy atom. The Hall–Kier alpha value is -3.55. The number of nitrogens with one attached hydrogen (secondary N) is 2. The molecular weight excluding hydrogens is 352 g/mol. The van der Waals surface area contributed by atoms with E-state index >= 15 is 0 Å². The van der Waals surface area contributed by atoms with Crippen LogP contribution in [-0.4, -0.2) is 38.1 Å². The highest BCUT2D eigenvalue weighted by Crippen LogP contribution is 2.17. The van der Waals surface area contributed by atoms with Crippen LogP contribution in [0.15, 0.2) is 54.6 Å². The van der Waals surface area contributed by atoms with Gasteiger partial charge in [-0.25, -0.2) is 0 Å². The second-order valence-electron chi connectivity index (χ2n) is 5.30. The summed E-state index contributed by atoms with van der Waals surface area (Å²) in [7, 11) is 1.56. The third kappa shape index (κ3) is 7.07. The summed E-state index contributed by atoms with van der Waals surface area (Å²) >= 11 is 0. The molecule has 0 aliphatic rings. The first-order valence-corrected chi connectivity index (χ1v) is 8.15. The molecule has 0 saturated carbocycles. The zero-order valence-corrected chi connectivity index (χ0v) is 14.8. The standard InChI is InChI=1S/C19H20N2O6/c1-25-15-7-9-16(10-8-15)26-12-11-18(23)27-13-17(22)20-21-19(24)14-5-3-2-4-6-14/h2-10H,11-13H2,1H3,(H,20,22)(H,21,24). The minimum Gasteiger partial charge on any atom is -0.497 e. The number of amides is 2. The first-order chi connectivity index (χ1) is 13.1. The van der Waals surface area contributed by atoms with Crippen molar-refractivity contribution in [3.63, 3.8) is 0 Å². The lowest BCUT2D eigenvalue weighted by Gasteiger charge is -2.09. The average Bonchev–Trinajstić information content (AvgIpc) is 2.71. The quantitative estimate of drug-likeness (QED) is 0.537. The van der Waals surface area contributed by atoms with E-state index in [9.17, 15) is 14.4 Å². The van der Waals surface area contributed by atoms with E-state index in [0.29, 0.717) is 17.1 Å². The van der Waals surface area contributed by atoms with Crippen LogP contribution in [-0.2, 0) is 14.3 Å². The number of esters is 1. The third-order valence-corrected chi connectivity index (χ3v) is 3.35. The molecule has 0 heterocycles. The van der Waals surface area contributed by atoms with Gasteiger partial charge in [0, 0.05) is 5.56 Å². The van der Waals surface area contributed by atoms with Crippen molar-refractivity contribution in [2.24, 2.45) is 0 Å². The minimum absolute atomic E-state index is 0.0182. The summed E-state index contributed by atoms with van der Waals surface area (Å²) in [6, 6.07) is 15.3. The van der Waals surface area contributed by atoms with Crippen LogP contribution in [0.5, 0.6) is 11.5 Å². The Kier molecular flexibility index (Phi) is 7.65. The van der Waals surface area contributed by atoms with Crippen LogP contribution in [0.2, 0.25) is 0 Å². The molecule has 142 valence electrons. The molecule has 2 N–H and O–H groups in total. The van der Waals surface area contributed by atoms with Crippen LogP contribution in [0.25, 0.3) is 0 Å². The van der Waals surface area contributed by atoms with Gasteiger partial charge in [0.15, 0.2) is 6.61 Å². The van der Waals surface area contributed by atoms with Gasteiger partial charge in [-0.2, -0.15) is 0 Å². The summed E-state index contributed by atoms with van der Waals surface area (Å²) in [6.45, 7) is -0.395. The predicted octanol–water partition coefficient (Wildman–Crippen LogP) is 1.47. The number of ether oxygens (including phenoxy) is 3. The van der Waals surface area contributed by atoms with Gasteiger partial charge in [0.1, 0.15) is 11.5 Å². The molecule has 2 aromatic rings. The van der Waals surface area contributed by atoms with E-state index in [0.717, 1.165) is 0 Å². The number of methoxy groups -OCH3 is 1. The molecule has 0 saturated heterocycles. The van der Waals surface area contributed by atoms with Crippen LogP contribution in [0.3, 0.4) is 0 Å². The molecule has 0 aromatic heterocycles. The van der Waals surface area contributed by atoms with E-state index in [1.165, 1.54) is 0 Å². The first kappa shape index (κ1) is 19.8. The smallest absolute Gasteiger partial charge is 0.309 e. The number of hydrazine groups is 1. The number of hydrogen-bond donors (Lipinski definition) is 2. The molecule has 0 radical (unpaired) electrons. The third-order valence-electron chi connectivity index (χ3n) is 3.35. The Balaban J connectivity index is 1.60. The van der Waals surface area contributed by atoms with Gasteiger partial charge in [-0.3, -0.25) is 25.2 Å². The topological polar surface area (TPSA) is 103 Å². The molecular formula is C19H20N2O6. The normalized spacial score (nSPS) is 9.81. The SMILES string of the molecule is COc1ccc(OCCC(=O)OCC(=O)NNC(=O)c2ccccc2)cc1. The summed E-state index contributed by atoms with van der Waals surface area (Å²) in [4.78, 5) is 34.9. The number of rotatable bonds is 8. The molecule has 0 aliphatic carbocycles. The summed E-state index contributed by atoms with van der Waals surface area (Å²) in [5, 5.41) is 0. The molecule has 0 atom stereocenters. The maximum Gasteiger partial charge on any atom is 0.309 e.